The minimum absolute atomic E-state index is 0.171. The van der Waals surface area contributed by atoms with Gasteiger partial charge in [0.05, 0.1) is 5.60 Å². The van der Waals surface area contributed by atoms with E-state index in [0.29, 0.717) is 38.9 Å². The zero-order valence-corrected chi connectivity index (χ0v) is 10.5. The minimum atomic E-state index is -1.23. The first-order valence-electron chi connectivity index (χ1n) is 6.19. The van der Waals surface area contributed by atoms with Crippen LogP contribution in [0.2, 0.25) is 0 Å². The summed E-state index contributed by atoms with van der Waals surface area (Å²) in [7, 11) is 1.55. The number of carbonyl (C=O) groups is 2. The smallest absolute Gasteiger partial charge is 0.319 e. The van der Waals surface area contributed by atoms with Crippen LogP contribution < -0.4 is 0 Å². The van der Waals surface area contributed by atoms with Crippen molar-refractivity contribution in [1.82, 2.24) is 4.90 Å². The number of amides is 1. The van der Waals surface area contributed by atoms with E-state index in [1.54, 1.807) is 7.05 Å². The highest BCUT2D eigenvalue weighted by atomic mass is 16.5. The first kappa shape index (κ1) is 13.3. The van der Waals surface area contributed by atoms with Crippen LogP contribution in [0.25, 0.3) is 0 Å². The van der Waals surface area contributed by atoms with Gasteiger partial charge in [0.15, 0.2) is 0 Å². The molecule has 18 heavy (non-hydrogen) atoms. The molecule has 2 fully saturated rings. The standard InChI is InChI=1S/C12H19NO5/c1-13(8-11(17)4-6-18-7-5-11)9(14)12(2-3-12)10(15)16/h17H,2-8H2,1H3,(H,15,16). The normalized spacial score (nSPS) is 24.3. The molecule has 6 nitrogen and oxygen atoms in total. The van der Waals surface area contributed by atoms with Crippen LogP contribution in [0.15, 0.2) is 0 Å². The summed E-state index contributed by atoms with van der Waals surface area (Å²) in [5, 5.41) is 19.4. The molecule has 0 aromatic carbocycles. The SMILES string of the molecule is CN(CC1(O)CCOCC1)C(=O)C1(C(=O)O)CC1. The van der Waals surface area contributed by atoms with E-state index < -0.39 is 22.9 Å². The average molecular weight is 257 g/mol. The molecule has 102 valence electrons. The highest BCUT2D eigenvalue weighted by molar-refractivity contribution is 6.04. The number of rotatable bonds is 4. The van der Waals surface area contributed by atoms with Gasteiger partial charge >= 0.3 is 5.97 Å². The number of carboxylic acid groups (broad SMARTS) is 1. The third kappa shape index (κ3) is 2.35. The lowest BCUT2D eigenvalue weighted by atomic mass is 9.93. The molecule has 1 amide bonds. The lowest BCUT2D eigenvalue weighted by Gasteiger charge is -2.36. The third-order valence-corrected chi connectivity index (χ3v) is 3.87. The van der Waals surface area contributed by atoms with Gasteiger partial charge in [-0.05, 0) is 12.8 Å². The van der Waals surface area contributed by atoms with Crippen LogP contribution in [-0.4, -0.2) is 59.4 Å². The highest BCUT2D eigenvalue weighted by Crippen LogP contribution is 2.47. The van der Waals surface area contributed by atoms with Gasteiger partial charge in [0, 0.05) is 39.6 Å². The van der Waals surface area contributed by atoms with E-state index in [0.717, 1.165) is 0 Å². The minimum Gasteiger partial charge on any atom is -0.480 e. The van der Waals surface area contributed by atoms with E-state index >= 15 is 0 Å². The summed E-state index contributed by atoms with van der Waals surface area (Å²) in [6.45, 7) is 1.12. The van der Waals surface area contributed by atoms with Gasteiger partial charge < -0.3 is 19.8 Å². The molecule has 6 heteroatoms. The van der Waals surface area contributed by atoms with Crippen molar-refractivity contribution in [2.45, 2.75) is 31.3 Å². The first-order valence-corrected chi connectivity index (χ1v) is 6.19. The molecule has 2 rings (SSSR count). The van der Waals surface area contributed by atoms with Crippen LogP contribution in [0.4, 0.5) is 0 Å². The fraction of sp³-hybridized carbons (Fsp3) is 0.833. The van der Waals surface area contributed by atoms with E-state index in [2.05, 4.69) is 0 Å². The van der Waals surface area contributed by atoms with Crippen LogP contribution in [0, 0.1) is 5.41 Å². The van der Waals surface area contributed by atoms with Gasteiger partial charge in [0.1, 0.15) is 5.41 Å². The van der Waals surface area contributed by atoms with E-state index in [1.165, 1.54) is 4.90 Å². The van der Waals surface area contributed by atoms with Crippen molar-refractivity contribution in [2.24, 2.45) is 5.41 Å². The second-order valence-corrected chi connectivity index (χ2v) is 5.39. The van der Waals surface area contributed by atoms with E-state index in [1.807, 2.05) is 0 Å². The number of carboxylic acids is 1. The Morgan fingerprint density at radius 1 is 1.22 bits per heavy atom. The molecule has 1 heterocycles. The molecule has 1 saturated heterocycles. The molecule has 0 bridgehead atoms. The van der Waals surface area contributed by atoms with E-state index in [-0.39, 0.29) is 6.54 Å². The Labute approximate surface area is 106 Å². The zero-order chi connectivity index (χ0) is 13.4. The largest absolute Gasteiger partial charge is 0.480 e. The van der Waals surface area contributed by atoms with Gasteiger partial charge in [0.25, 0.3) is 0 Å². The van der Waals surface area contributed by atoms with Gasteiger partial charge in [-0.15, -0.1) is 0 Å². The number of likely N-dealkylation sites (N-methyl/N-ethyl adjacent to an activating group) is 1. The van der Waals surface area contributed by atoms with Gasteiger partial charge in [-0.1, -0.05) is 0 Å². The summed E-state index contributed by atoms with van der Waals surface area (Å²) < 4.78 is 5.17. The number of aliphatic carboxylic acids is 1. The van der Waals surface area contributed by atoms with Gasteiger partial charge in [0.2, 0.25) is 5.91 Å². The fourth-order valence-corrected chi connectivity index (χ4v) is 2.43. The Kier molecular flexibility index (Phi) is 3.33. The molecule has 0 aromatic heterocycles. The lowest BCUT2D eigenvalue weighted by Crippen LogP contribution is -2.50. The summed E-state index contributed by atoms with van der Waals surface area (Å²) in [5.41, 5.74) is -2.17. The topological polar surface area (TPSA) is 87.1 Å². The van der Waals surface area contributed by atoms with Crippen molar-refractivity contribution >= 4 is 11.9 Å². The molecule has 0 radical (unpaired) electrons. The second-order valence-electron chi connectivity index (χ2n) is 5.39. The molecule has 0 atom stereocenters. The summed E-state index contributed by atoms with van der Waals surface area (Å²) in [6.07, 6.45) is 1.75. The number of hydrogen-bond donors (Lipinski definition) is 2. The number of ether oxygens (including phenoxy) is 1. The molecule has 0 unspecified atom stereocenters. The number of carbonyl (C=O) groups excluding carboxylic acids is 1. The molecule has 1 aliphatic carbocycles. The molecular formula is C12H19NO5. The monoisotopic (exact) mass is 257 g/mol. The second kappa shape index (κ2) is 4.51. The predicted molar refractivity (Wildman–Crippen MR) is 61.9 cm³/mol. The van der Waals surface area contributed by atoms with Crippen molar-refractivity contribution < 1.29 is 24.5 Å². The molecule has 1 saturated carbocycles. The quantitative estimate of drug-likeness (QED) is 0.684. The lowest BCUT2D eigenvalue weighted by molar-refractivity contribution is -0.155. The molecule has 0 spiro atoms. The molecule has 2 aliphatic rings. The summed E-state index contributed by atoms with van der Waals surface area (Å²) >= 11 is 0. The van der Waals surface area contributed by atoms with Crippen molar-refractivity contribution in [3.63, 3.8) is 0 Å². The van der Waals surface area contributed by atoms with Crippen LogP contribution in [0.5, 0.6) is 0 Å². The van der Waals surface area contributed by atoms with Crippen LogP contribution in [-0.2, 0) is 14.3 Å². The van der Waals surface area contributed by atoms with E-state index in [9.17, 15) is 14.7 Å². The van der Waals surface area contributed by atoms with Crippen molar-refractivity contribution in [3.05, 3.63) is 0 Å². The number of hydrogen-bond acceptors (Lipinski definition) is 4. The molecule has 1 aliphatic heterocycles. The Balaban J connectivity index is 1.97. The number of aliphatic hydroxyl groups is 1. The van der Waals surface area contributed by atoms with Gasteiger partial charge in [-0.3, -0.25) is 9.59 Å². The number of nitrogens with zero attached hydrogens (tertiary/aromatic N) is 1. The van der Waals surface area contributed by atoms with Crippen LogP contribution in [0.3, 0.4) is 0 Å². The Hall–Kier alpha value is -1.14. The summed E-state index contributed by atoms with van der Waals surface area (Å²) in [5.74, 6) is -1.45. The third-order valence-electron chi connectivity index (χ3n) is 3.87. The van der Waals surface area contributed by atoms with Gasteiger partial charge in [-0.25, -0.2) is 0 Å². The summed E-state index contributed by atoms with van der Waals surface area (Å²) in [4.78, 5) is 24.5. The van der Waals surface area contributed by atoms with Gasteiger partial charge in [-0.2, -0.15) is 0 Å². The zero-order valence-electron chi connectivity index (χ0n) is 10.5. The maximum absolute atomic E-state index is 12.1. The van der Waals surface area contributed by atoms with Crippen molar-refractivity contribution in [1.29, 1.82) is 0 Å². The fourth-order valence-electron chi connectivity index (χ4n) is 2.43. The van der Waals surface area contributed by atoms with Crippen molar-refractivity contribution in [2.75, 3.05) is 26.8 Å². The highest BCUT2D eigenvalue weighted by Gasteiger charge is 2.58. The Bertz CT molecular complexity index is 357. The van der Waals surface area contributed by atoms with Crippen molar-refractivity contribution in [3.8, 4) is 0 Å². The molecule has 0 aromatic rings. The van der Waals surface area contributed by atoms with Crippen LogP contribution >= 0.6 is 0 Å². The maximum Gasteiger partial charge on any atom is 0.319 e. The molecular weight excluding hydrogens is 238 g/mol. The average Bonchev–Trinajstić information content (AvgIpc) is 3.09. The Morgan fingerprint density at radius 2 is 1.78 bits per heavy atom. The first-order chi connectivity index (χ1) is 8.40. The summed E-state index contributed by atoms with van der Waals surface area (Å²) in [6, 6.07) is 0. The maximum atomic E-state index is 12.1. The van der Waals surface area contributed by atoms with Crippen LogP contribution in [0.1, 0.15) is 25.7 Å². The molecule has 2 N–H and O–H groups in total. The Morgan fingerprint density at radius 3 is 2.22 bits per heavy atom. The predicted octanol–water partition coefficient (Wildman–Crippen LogP) is -0.149. The van der Waals surface area contributed by atoms with E-state index in [4.69, 9.17) is 9.84 Å².